The molecule has 0 aromatic rings. The van der Waals surface area contributed by atoms with Gasteiger partial charge in [-0.3, -0.25) is 4.79 Å². The summed E-state index contributed by atoms with van der Waals surface area (Å²) in [6.07, 6.45) is 1.12. The maximum absolute atomic E-state index is 9.55. The predicted octanol–water partition coefficient (Wildman–Crippen LogP) is -0.197. The third-order valence-corrected chi connectivity index (χ3v) is 0.368. The van der Waals surface area contributed by atoms with E-state index in [1.54, 1.807) is 0 Å². The van der Waals surface area contributed by atoms with Gasteiger partial charge in [0.1, 0.15) is 0 Å². The van der Waals surface area contributed by atoms with E-state index in [2.05, 4.69) is 0 Å². The molecule has 0 aromatic carbocycles. The van der Waals surface area contributed by atoms with E-state index in [0.29, 0.717) is 12.2 Å². The number of carbonyl (C=O) groups is 3. The Morgan fingerprint density at radius 3 is 1.17 bits per heavy atom. The SMILES string of the molecule is CC(=O)O.O=C(O)/C=C/C(=O)O. The van der Waals surface area contributed by atoms with Crippen molar-refractivity contribution in [3.8, 4) is 0 Å². The van der Waals surface area contributed by atoms with Crippen molar-refractivity contribution in [1.82, 2.24) is 0 Å². The molecule has 0 aliphatic rings. The van der Waals surface area contributed by atoms with Gasteiger partial charge in [-0.1, -0.05) is 0 Å². The molecule has 0 saturated heterocycles. The summed E-state index contributed by atoms with van der Waals surface area (Å²) < 4.78 is 0. The van der Waals surface area contributed by atoms with E-state index in [0.717, 1.165) is 6.92 Å². The third kappa shape index (κ3) is 42.0. The molecule has 0 amide bonds. The van der Waals surface area contributed by atoms with Crippen molar-refractivity contribution in [2.75, 3.05) is 0 Å². The van der Waals surface area contributed by atoms with Crippen molar-refractivity contribution in [2.24, 2.45) is 0 Å². The molecule has 0 aromatic heterocycles. The number of aliphatic carboxylic acids is 3. The molecule has 12 heavy (non-hydrogen) atoms. The van der Waals surface area contributed by atoms with Crippen LogP contribution in [0.4, 0.5) is 0 Å². The lowest BCUT2D eigenvalue weighted by Crippen LogP contribution is -1.91. The summed E-state index contributed by atoms with van der Waals surface area (Å²) in [4.78, 5) is 28.1. The monoisotopic (exact) mass is 176 g/mol. The van der Waals surface area contributed by atoms with Gasteiger partial charge in [0, 0.05) is 19.1 Å². The van der Waals surface area contributed by atoms with E-state index >= 15 is 0 Å². The smallest absolute Gasteiger partial charge is 0.328 e. The van der Waals surface area contributed by atoms with E-state index in [1.165, 1.54) is 0 Å². The molecule has 0 atom stereocenters. The minimum absolute atomic E-state index is 0.558. The summed E-state index contributed by atoms with van der Waals surface area (Å²) in [6, 6.07) is 0. The zero-order valence-corrected chi connectivity index (χ0v) is 6.22. The summed E-state index contributed by atoms with van der Waals surface area (Å²) >= 11 is 0. The molecule has 0 radical (unpaired) electrons. The Morgan fingerprint density at radius 2 is 1.08 bits per heavy atom. The van der Waals surface area contributed by atoms with Gasteiger partial charge >= 0.3 is 11.9 Å². The van der Waals surface area contributed by atoms with Crippen LogP contribution in [0.15, 0.2) is 12.2 Å². The van der Waals surface area contributed by atoms with Gasteiger partial charge in [0.2, 0.25) is 0 Å². The number of hydrogen-bond donors (Lipinski definition) is 3. The standard InChI is InChI=1S/C4H4O4.C2H4O2/c5-3(6)1-2-4(7)8;1-2(3)4/h1-2H,(H,5,6)(H,7,8);1H3,(H,3,4)/b2-1+;. The molecular weight excluding hydrogens is 168 g/mol. The van der Waals surface area contributed by atoms with Crippen molar-refractivity contribution in [3.63, 3.8) is 0 Å². The van der Waals surface area contributed by atoms with Gasteiger partial charge in [-0.2, -0.15) is 0 Å². The van der Waals surface area contributed by atoms with Crippen molar-refractivity contribution >= 4 is 17.9 Å². The third-order valence-electron chi connectivity index (χ3n) is 0.368. The molecule has 68 valence electrons. The summed E-state index contributed by atoms with van der Waals surface area (Å²) in [6.45, 7) is 1.08. The number of hydrogen-bond acceptors (Lipinski definition) is 3. The van der Waals surface area contributed by atoms with Gasteiger partial charge in [0.05, 0.1) is 0 Å². The average Bonchev–Trinajstić information content (AvgIpc) is 1.82. The summed E-state index contributed by atoms with van der Waals surface area (Å²) in [5.41, 5.74) is 0. The second-order valence-electron chi connectivity index (χ2n) is 1.53. The number of carboxylic acids is 3. The van der Waals surface area contributed by atoms with Gasteiger partial charge in [-0.15, -0.1) is 0 Å². The van der Waals surface area contributed by atoms with Crippen LogP contribution in [0.3, 0.4) is 0 Å². The van der Waals surface area contributed by atoms with Crippen LogP contribution in [0.2, 0.25) is 0 Å². The Balaban J connectivity index is 0. The number of rotatable bonds is 2. The van der Waals surface area contributed by atoms with Crippen LogP contribution < -0.4 is 0 Å². The van der Waals surface area contributed by atoms with E-state index in [-0.39, 0.29) is 0 Å². The Bertz CT molecular complexity index is 184. The molecule has 0 saturated carbocycles. The van der Waals surface area contributed by atoms with E-state index in [9.17, 15) is 9.59 Å². The minimum atomic E-state index is -1.26. The van der Waals surface area contributed by atoms with Crippen LogP contribution in [0.25, 0.3) is 0 Å². The number of carboxylic acid groups (broad SMARTS) is 3. The molecule has 0 spiro atoms. The quantitative estimate of drug-likeness (QED) is 0.502. The molecule has 0 aliphatic carbocycles. The van der Waals surface area contributed by atoms with Gasteiger partial charge < -0.3 is 15.3 Å². The van der Waals surface area contributed by atoms with Crippen LogP contribution in [-0.2, 0) is 14.4 Å². The first kappa shape index (κ1) is 12.8. The second kappa shape index (κ2) is 7.26. The van der Waals surface area contributed by atoms with Crippen LogP contribution in [0, 0.1) is 0 Å². The molecule has 0 aliphatic heterocycles. The van der Waals surface area contributed by atoms with Gasteiger partial charge in [0.25, 0.3) is 5.97 Å². The lowest BCUT2D eigenvalue weighted by molar-refractivity contribution is -0.134. The molecule has 0 heterocycles. The highest BCUT2D eigenvalue weighted by Crippen LogP contribution is 1.70. The van der Waals surface area contributed by atoms with Crippen LogP contribution >= 0.6 is 0 Å². The largest absolute Gasteiger partial charge is 0.481 e. The molecule has 0 bridgehead atoms. The normalized spacial score (nSPS) is 8.42. The minimum Gasteiger partial charge on any atom is -0.481 e. The highest BCUT2D eigenvalue weighted by molar-refractivity contribution is 5.89. The van der Waals surface area contributed by atoms with Gasteiger partial charge in [-0.05, 0) is 0 Å². The molecule has 0 rings (SSSR count). The zero-order chi connectivity index (χ0) is 10.1. The van der Waals surface area contributed by atoms with Crippen LogP contribution in [0.5, 0.6) is 0 Å². The Morgan fingerprint density at radius 1 is 0.917 bits per heavy atom. The summed E-state index contributed by atoms with van der Waals surface area (Å²) in [5.74, 6) is -3.35. The lowest BCUT2D eigenvalue weighted by atomic mass is 10.5. The second-order valence-corrected chi connectivity index (χ2v) is 1.53. The summed E-state index contributed by atoms with van der Waals surface area (Å²) in [7, 11) is 0. The lowest BCUT2D eigenvalue weighted by Gasteiger charge is -1.74. The molecular formula is C6H8O6. The Kier molecular flexibility index (Phi) is 7.74. The highest BCUT2D eigenvalue weighted by atomic mass is 16.4. The molecule has 6 nitrogen and oxygen atoms in total. The van der Waals surface area contributed by atoms with E-state index in [1.807, 2.05) is 0 Å². The fourth-order valence-electron chi connectivity index (χ4n) is 0.143. The first-order valence-corrected chi connectivity index (χ1v) is 2.69. The molecule has 3 N–H and O–H groups in total. The first-order chi connectivity index (χ1) is 5.36. The first-order valence-electron chi connectivity index (χ1n) is 2.69. The predicted molar refractivity (Wildman–Crippen MR) is 37.7 cm³/mol. The topological polar surface area (TPSA) is 112 Å². The molecule has 0 fully saturated rings. The fraction of sp³-hybridized carbons (Fsp3) is 0.167. The van der Waals surface area contributed by atoms with Crippen molar-refractivity contribution < 1.29 is 29.7 Å². The highest BCUT2D eigenvalue weighted by Gasteiger charge is 1.88. The van der Waals surface area contributed by atoms with Gasteiger partial charge in [-0.25, -0.2) is 9.59 Å². The summed E-state index contributed by atoms with van der Waals surface area (Å²) in [5, 5.41) is 23.0. The van der Waals surface area contributed by atoms with Crippen molar-refractivity contribution in [2.45, 2.75) is 6.92 Å². The zero-order valence-electron chi connectivity index (χ0n) is 6.22. The van der Waals surface area contributed by atoms with Crippen LogP contribution in [-0.4, -0.2) is 33.2 Å². The van der Waals surface area contributed by atoms with E-state index in [4.69, 9.17) is 20.1 Å². The van der Waals surface area contributed by atoms with Crippen molar-refractivity contribution in [3.05, 3.63) is 12.2 Å². The van der Waals surface area contributed by atoms with E-state index < -0.39 is 17.9 Å². The molecule has 6 heteroatoms. The Hall–Kier alpha value is -1.85. The van der Waals surface area contributed by atoms with Crippen molar-refractivity contribution in [1.29, 1.82) is 0 Å². The van der Waals surface area contributed by atoms with Crippen LogP contribution in [0.1, 0.15) is 6.92 Å². The Labute approximate surface area is 67.7 Å². The molecule has 0 unspecified atom stereocenters. The average molecular weight is 176 g/mol. The van der Waals surface area contributed by atoms with Gasteiger partial charge in [0.15, 0.2) is 0 Å². The maximum atomic E-state index is 9.55. The maximum Gasteiger partial charge on any atom is 0.328 e. The fourth-order valence-corrected chi connectivity index (χ4v) is 0.143.